The van der Waals surface area contributed by atoms with Crippen LogP contribution in [-0.2, 0) is 21.7 Å². The SMILES string of the molecule is CC(C)(C)c1ccc(N2B3c4oc5ccc(-c6ccccc6)cc5c4N(c4ccc(C(C)(C)C)cc4)c4c3c(cc3c4oc4ccccc43)-c3cc4c(cc32)oc2cc3c(cc24)C(C)(C)CCC3(C)C)cc1. The Morgan fingerprint density at radius 1 is 0.458 bits per heavy atom. The van der Waals surface area contributed by atoms with Crippen molar-refractivity contribution in [3.8, 4) is 22.3 Å². The molecule has 0 spiro atoms. The number of furan rings is 3. The average Bonchev–Trinajstić information content (AvgIpc) is 4.05. The van der Waals surface area contributed by atoms with E-state index in [2.05, 4.69) is 231 Å². The van der Waals surface area contributed by atoms with Crippen molar-refractivity contribution in [1.29, 1.82) is 0 Å². The molecule has 0 bridgehead atoms. The molecular weight excluding hydrogens is 880 g/mol. The molecule has 0 unspecified atom stereocenters. The van der Waals surface area contributed by atoms with Crippen molar-refractivity contribution < 1.29 is 13.3 Å². The molecule has 3 aliphatic rings. The second kappa shape index (κ2) is 14.6. The number of benzene rings is 8. The molecule has 2 aliphatic heterocycles. The van der Waals surface area contributed by atoms with Gasteiger partial charge in [0.15, 0.2) is 5.58 Å². The Bertz CT molecular complexity index is 4060. The third kappa shape index (κ3) is 6.20. The van der Waals surface area contributed by atoms with Gasteiger partial charge in [0.05, 0.1) is 11.4 Å². The van der Waals surface area contributed by atoms with E-state index in [1.807, 2.05) is 0 Å². The average molecular weight is 939 g/mol. The van der Waals surface area contributed by atoms with Gasteiger partial charge in [0.1, 0.15) is 28.0 Å². The molecule has 11 aromatic rings. The van der Waals surface area contributed by atoms with E-state index in [4.69, 9.17) is 13.3 Å². The van der Waals surface area contributed by atoms with Gasteiger partial charge in [0, 0.05) is 55.6 Å². The van der Waals surface area contributed by atoms with Crippen LogP contribution in [0.25, 0.3) is 77.1 Å². The van der Waals surface area contributed by atoms with Crippen LogP contribution in [0.2, 0.25) is 0 Å². The Morgan fingerprint density at radius 3 is 1.75 bits per heavy atom. The zero-order valence-electron chi connectivity index (χ0n) is 43.0. The van der Waals surface area contributed by atoms with Crippen LogP contribution in [0.3, 0.4) is 0 Å². The highest BCUT2D eigenvalue weighted by atomic mass is 16.3. The highest BCUT2D eigenvalue weighted by Crippen LogP contribution is 2.55. The fourth-order valence-corrected chi connectivity index (χ4v) is 12.6. The topological polar surface area (TPSA) is 45.9 Å². The second-order valence-corrected chi connectivity index (χ2v) is 24.4. The second-order valence-electron chi connectivity index (χ2n) is 24.4. The summed E-state index contributed by atoms with van der Waals surface area (Å²) in [5.41, 5.74) is 21.7. The van der Waals surface area contributed by atoms with Crippen molar-refractivity contribution in [2.24, 2.45) is 0 Å². The van der Waals surface area contributed by atoms with Gasteiger partial charge >= 0.3 is 6.85 Å². The third-order valence-corrected chi connectivity index (χ3v) is 16.8. The molecule has 0 fully saturated rings. The monoisotopic (exact) mass is 938 g/mol. The lowest BCUT2D eigenvalue weighted by Gasteiger charge is -2.43. The van der Waals surface area contributed by atoms with Crippen LogP contribution in [0.5, 0.6) is 0 Å². The summed E-state index contributed by atoms with van der Waals surface area (Å²) < 4.78 is 21.8. The molecule has 5 nitrogen and oxygen atoms in total. The maximum absolute atomic E-state index is 7.47. The van der Waals surface area contributed by atoms with E-state index >= 15 is 0 Å². The lowest BCUT2D eigenvalue weighted by molar-refractivity contribution is 0.332. The van der Waals surface area contributed by atoms with E-state index in [1.54, 1.807) is 0 Å². The Balaban J connectivity index is 1.14. The van der Waals surface area contributed by atoms with Gasteiger partial charge in [-0.15, -0.1) is 0 Å². The number of hydrogen-bond donors (Lipinski definition) is 0. The molecule has 72 heavy (non-hydrogen) atoms. The summed E-state index contributed by atoms with van der Waals surface area (Å²) in [5, 5.41) is 5.51. The molecule has 5 heterocycles. The van der Waals surface area contributed by atoms with E-state index in [0.29, 0.717) is 0 Å². The van der Waals surface area contributed by atoms with Crippen molar-refractivity contribution in [2.45, 2.75) is 104 Å². The van der Waals surface area contributed by atoms with Crippen LogP contribution in [0, 0.1) is 0 Å². The molecular formula is C66H59BN2O3. The summed E-state index contributed by atoms with van der Waals surface area (Å²) in [4.78, 5) is 5.00. The Hall–Kier alpha value is -7.44. The van der Waals surface area contributed by atoms with Gasteiger partial charge < -0.3 is 23.0 Å². The van der Waals surface area contributed by atoms with Gasteiger partial charge in [-0.2, -0.15) is 0 Å². The fraction of sp³-hybridized carbons (Fsp3) is 0.242. The predicted octanol–water partition coefficient (Wildman–Crippen LogP) is 17.6. The standard InChI is InChI=1S/C66H59BN2O3/c1-63(2,3)40-21-25-42(26-22-40)68-59-50-32-39(38-16-12-11-13-17-38)20-29-55(50)72-62(59)67-58-48(34-49-44-18-14-15-19-54(44)71-61(49)60(58)68)45-33-46-47-35-51-52(66(9,10)31-30-65(51,7)8)36-56(47)70-57(46)37-53(45)69(67)43-27-23-41(24-28-43)64(4,5)6/h11-29,32-37H,30-31H2,1-10H3. The summed E-state index contributed by atoms with van der Waals surface area (Å²) in [7, 11) is 0. The maximum atomic E-state index is 7.47. The normalized spacial score (nSPS) is 15.9. The number of anilines is 5. The highest BCUT2D eigenvalue weighted by molar-refractivity contribution is 6.93. The smallest absolute Gasteiger partial charge is 0.376 e. The maximum Gasteiger partial charge on any atom is 0.376 e. The Kier molecular flexibility index (Phi) is 8.79. The Labute approximate surface area is 422 Å². The number of nitrogens with zero attached hydrogens (tertiary/aromatic N) is 2. The molecule has 0 saturated carbocycles. The van der Waals surface area contributed by atoms with E-state index in [-0.39, 0.29) is 28.5 Å². The molecule has 3 aromatic heterocycles. The fourth-order valence-electron chi connectivity index (χ4n) is 12.6. The minimum Gasteiger partial charge on any atom is -0.466 e. The lowest BCUT2D eigenvalue weighted by atomic mass is 9.45. The number of rotatable bonds is 3. The first-order valence-electron chi connectivity index (χ1n) is 25.9. The third-order valence-electron chi connectivity index (χ3n) is 16.8. The van der Waals surface area contributed by atoms with Gasteiger partial charge in [-0.3, -0.25) is 0 Å². The van der Waals surface area contributed by atoms with Crippen molar-refractivity contribution in [3.05, 3.63) is 174 Å². The Morgan fingerprint density at radius 2 is 1.06 bits per heavy atom. The molecule has 1 aliphatic carbocycles. The van der Waals surface area contributed by atoms with Crippen LogP contribution in [0.15, 0.2) is 165 Å². The van der Waals surface area contributed by atoms with Crippen LogP contribution < -0.4 is 20.8 Å². The molecule has 0 amide bonds. The molecule has 8 aromatic carbocycles. The summed E-state index contributed by atoms with van der Waals surface area (Å²) in [6, 6.07) is 56.3. The number of fused-ring (bicyclic) bond motifs is 14. The minimum atomic E-state index is -0.385. The largest absolute Gasteiger partial charge is 0.466 e. The van der Waals surface area contributed by atoms with Crippen LogP contribution in [0.1, 0.15) is 104 Å². The molecule has 0 saturated heterocycles. The van der Waals surface area contributed by atoms with Crippen molar-refractivity contribution in [2.75, 3.05) is 9.71 Å². The van der Waals surface area contributed by atoms with E-state index in [9.17, 15) is 0 Å². The molecule has 6 heteroatoms. The van der Waals surface area contributed by atoms with Crippen molar-refractivity contribution >= 4 is 101 Å². The van der Waals surface area contributed by atoms with Gasteiger partial charge in [-0.05, 0) is 146 Å². The van der Waals surface area contributed by atoms with E-state index in [0.717, 1.165) is 124 Å². The molecule has 354 valence electrons. The molecule has 0 atom stereocenters. The summed E-state index contributed by atoms with van der Waals surface area (Å²) >= 11 is 0. The first-order chi connectivity index (χ1) is 34.4. The minimum absolute atomic E-state index is 0.0238. The molecule has 14 rings (SSSR count). The number of para-hydroxylation sites is 1. The van der Waals surface area contributed by atoms with Gasteiger partial charge in [-0.25, -0.2) is 0 Å². The quantitative estimate of drug-likeness (QED) is 0.165. The van der Waals surface area contributed by atoms with Gasteiger partial charge in [0.2, 0.25) is 0 Å². The highest BCUT2D eigenvalue weighted by Gasteiger charge is 2.50. The van der Waals surface area contributed by atoms with E-state index in [1.165, 1.54) is 27.6 Å². The molecule has 0 N–H and O–H groups in total. The van der Waals surface area contributed by atoms with Crippen molar-refractivity contribution in [3.63, 3.8) is 0 Å². The van der Waals surface area contributed by atoms with Gasteiger partial charge in [0.25, 0.3) is 0 Å². The van der Waals surface area contributed by atoms with Crippen molar-refractivity contribution in [1.82, 2.24) is 0 Å². The zero-order valence-corrected chi connectivity index (χ0v) is 43.0. The number of hydrogen-bond acceptors (Lipinski definition) is 5. The predicted molar refractivity (Wildman–Crippen MR) is 303 cm³/mol. The van der Waals surface area contributed by atoms with E-state index < -0.39 is 0 Å². The zero-order chi connectivity index (χ0) is 49.4. The summed E-state index contributed by atoms with van der Waals surface area (Å²) in [6.07, 6.45) is 2.29. The van der Waals surface area contributed by atoms with Gasteiger partial charge in [-0.1, -0.05) is 148 Å². The molecule has 0 radical (unpaired) electrons. The summed E-state index contributed by atoms with van der Waals surface area (Å²) in [5.74, 6) is 0. The van der Waals surface area contributed by atoms with Crippen LogP contribution in [0.4, 0.5) is 28.4 Å². The van der Waals surface area contributed by atoms with Crippen LogP contribution >= 0.6 is 0 Å². The van der Waals surface area contributed by atoms with Crippen LogP contribution in [-0.4, -0.2) is 6.85 Å². The lowest BCUT2D eigenvalue weighted by Crippen LogP contribution is -2.61. The first kappa shape index (κ1) is 43.4. The first-order valence-corrected chi connectivity index (χ1v) is 25.9. The summed E-state index contributed by atoms with van der Waals surface area (Å²) in [6.45, 7) is 22.9.